The highest BCUT2D eigenvalue weighted by Crippen LogP contribution is 2.35. The van der Waals surface area contributed by atoms with E-state index in [-0.39, 0.29) is 17.0 Å². The molecule has 130 valence electrons. The highest BCUT2D eigenvalue weighted by molar-refractivity contribution is 9.09. The van der Waals surface area contributed by atoms with Gasteiger partial charge in [-0.25, -0.2) is 0 Å². The summed E-state index contributed by atoms with van der Waals surface area (Å²) in [7, 11) is -1.08. The molecule has 0 spiro atoms. The summed E-state index contributed by atoms with van der Waals surface area (Å²) in [5, 5.41) is 0. The first-order valence-electron chi connectivity index (χ1n) is 8.27. The maximum absolute atomic E-state index is 12.7. The number of unbranched alkanes of at least 4 members (excludes halogenated alkanes) is 1. The minimum atomic E-state index is -1.08. The topological polar surface area (TPSA) is 35.5 Å². The summed E-state index contributed by atoms with van der Waals surface area (Å²) in [4.78, 5) is 1.08. The first kappa shape index (κ1) is 19.1. The minimum absolute atomic E-state index is 0.0639. The van der Waals surface area contributed by atoms with Crippen molar-refractivity contribution in [2.45, 2.75) is 74.7 Å². The summed E-state index contributed by atoms with van der Waals surface area (Å²) in [6, 6.07) is 7.86. The van der Waals surface area contributed by atoms with Gasteiger partial charge >= 0.3 is 0 Å². The molecular weight excluding hydrogens is 376 g/mol. The van der Waals surface area contributed by atoms with Crippen LogP contribution in [0.1, 0.15) is 45.6 Å². The predicted octanol–water partition coefficient (Wildman–Crippen LogP) is 4.58. The third kappa shape index (κ3) is 5.38. The van der Waals surface area contributed by atoms with Crippen LogP contribution in [-0.4, -0.2) is 32.8 Å². The molecule has 1 saturated heterocycles. The van der Waals surface area contributed by atoms with Gasteiger partial charge in [-0.05, 0) is 39.3 Å². The fourth-order valence-corrected chi connectivity index (χ4v) is 4.76. The molecular formula is C18H27BrO3S. The molecule has 0 aliphatic carbocycles. The lowest BCUT2D eigenvalue weighted by atomic mass is 10.1. The van der Waals surface area contributed by atoms with E-state index in [9.17, 15) is 4.21 Å². The molecule has 23 heavy (non-hydrogen) atoms. The Balaban J connectivity index is 2.05. The molecule has 1 aliphatic heterocycles. The van der Waals surface area contributed by atoms with E-state index in [4.69, 9.17) is 9.47 Å². The minimum Gasteiger partial charge on any atom is -0.344 e. The molecule has 1 aromatic rings. The molecule has 1 fully saturated rings. The van der Waals surface area contributed by atoms with Gasteiger partial charge in [0.1, 0.15) is 12.2 Å². The van der Waals surface area contributed by atoms with Crippen LogP contribution in [0.5, 0.6) is 0 Å². The third-order valence-electron chi connectivity index (χ3n) is 4.01. The molecule has 0 N–H and O–H groups in total. The van der Waals surface area contributed by atoms with Crippen molar-refractivity contribution in [2.24, 2.45) is 0 Å². The second kappa shape index (κ2) is 8.24. The summed E-state index contributed by atoms with van der Waals surface area (Å²) >= 11 is 3.75. The summed E-state index contributed by atoms with van der Waals surface area (Å²) in [6.45, 7) is 8.06. The van der Waals surface area contributed by atoms with Gasteiger partial charge in [0.15, 0.2) is 5.79 Å². The lowest BCUT2D eigenvalue weighted by Crippen LogP contribution is -2.35. The average molecular weight is 403 g/mol. The van der Waals surface area contributed by atoms with Gasteiger partial charge in [-0.2, -0.15) is 0 Å². The molecule has 1 aliphatic rings. The summed E-state index contributed by atoms with van der Waals surface area (Å²) in [5.74, 6) is -0.156. The van der Waals surface area contributed by atoms with Gasteiger partial charge in [0.2, 0.25) is 0 Å². The number of aryl methyl sites for hydroxylation is 1. The Hall–Kier alpha value is -0.230. The fourth-order valence-electron chi connectivity index (χ4n) is 2.80. The van der Waals surface area contributed by atoms with Crippen molar-refractivity contribution in [3.63, 3.8) is 0 Å². The molecule has 0 unspecified atom stereocenters. The largest absolute Gasteiger partial charge is 0.344 e. The molecule has 1 aromatic carbocycles. The number of ether oxygens (including phenoxy) is 2. The molecule has 2 rings (SSSR count). The Bertz CT molecular complexity index is 530. The molecule has 1 heterocycles. The number of hydrogen-bond donors (Lipinski definition) is 0. The Morgan fingerprint density at radius 3 is 2.52 bits per heavy atom. The van der Waals surface area contributed by atoms with Crippen molar-refractivity contribution in [3.05, 3.63) is 29.8 Å². The van der Waals surface area contributed by atoms with Gasteiger partial charge in [-0.3, -0.25) is 4.21 Å². The van der Waals surface area contributed by atoms with E-state index in [1.807, 2.05) is 45.0 Å². The van der Waals surface area contributed by atoms with Crippen LogP contribution in [0.4, 0.5) is 0 Å². The zero-order valence-electron chi connectivity index (χ0n) is 14.4. The Morgan fingerprint density at radius 1 is 1.26 bits per heavy atom. The smallest absolute Gasteiger partial charge is 0.163 e. The quantitative estimate of drug-likeness (QED) is 0.626. The molecule has 0 saturated carbocycles. The number of rotatable bonds is 7. The zero-order chi connectivity index (χ0) is 17.0. The summed E-state index contributed by atoms with van der Waals surface area (Å²) in [5.41, 5.74) is 1.17. The molecule has 0 bridgehead atoms. The van der Waals surface area contributed by atoms with Crippen LogP contribution < -0.4 is 0 Å². The van der Waals surface area contributed by atoms with E-state index in [2.05, 4.69) is 22.9 Å². The van der Waals surface area contributed by atoms with Crippen LogP contribution >= 0.6 is 15.9 Å². The van der Waals surface area contributed by atoms with E-state index in [0.29, 0.717) is 5.75 Å². The van der Waals surface area contributed by atoms with Crippen molar-refractivity contribution < 1.29 is 13.7 Å². The second-order valence-corrected chi connectivity index (χ2v) is 9.29. The van der Waals surface area contributed by atoms with Gasteiger partial charge in [0.05, 0.1) is 16.6 Å². The van der Waals surface area contributed by atoms with Crippen LogP contribution in [0.15, 0.2) is 29.2 Å². The maximum atomic E-state index is 12.7. The lowest BCUT2D eigenvalue weighted by molar-refractivity contribution is -0.144. The Kier molecular flexibility index (Phi) is 6.84. The SMILES string of the molecule is CCCC[C@@H](Br)[C@H]1OC(C)(C)O[C@@H]1C[S@@](=O)c1ccc(C)cc1. The standard InChI is InChI=1S/C18H27BrO3S/c1-5-6-7-15(19)17-16(21-18(3,4)22-17)12-23(20)14-10-8-13(2)9-11-14/h8-11,15-17H,5-7,12H2,1-4H3/t15-,16-,17-,23-/m1/s1. The van der Waals surface area contributed by atoms with Crippen molar-refractivity contribution in [2.75, 3.05) is 5.75 Å². The maximum Gasteiger partial charge on any atom is 0.163 e. The second-order valence-electron chi connectivity index (χ2n) is 6.62. The third-order valence-corrected chi connectivity index (χ3v) is 6.42. The van der Waals surface area contributed by atoms with Gasteiger partial charge < -0.3 is 9.47 Å². The zero-order valence-corrected chi connectivity index (χ0v) is 16.8. The van der Waals surface area contributed by atoms with Gasteiger partial charge in [-0.15, -0.1) is 0 Å². The van der Waals surface area contributed by atoms with Gasteiger partial charge in [-0.1, -0.05) is 53.4 Å². The van der Waals surface area contributed by atoms with Crippen LogP contribution in [0, 0.1) is 6.92 Å². The first-order valence-corrected chi connectivity index (χ1v) is 10.5. The van der Waals surface area contributed by atoms with Gasteiger partial charge in [0.25, 0.3) is 0 Å². The highest BCUT2D eigenvalue weighted by Gasteiger charge is 2.44. The van der Waals surface area contributed by atoms with Crippen molar-refractivity contribution in [1.82, 2.24) is 0 Å². The van der Waals surface area contributed by atoms with E-state index in [1.165, 1.54) is 5.56 Å². The number of benzene rings is 1. The van der Waals surface area contributed by atoms with Crippen LogP contribution in [0.3, 0.4) is 0 Å². The molecule has 5 heteroatoms. The first-order chi connectivity index (χ1) is 10.8. The van der Waals surface area contributed by atoms with E-state index < -0.39 is 16.6 Å². The molecule has 0 amide bonds. The van der Waals surface area contributed by atoms with Crippen LogP contribution in [-0.2, 0) is 20.3 Å². The molecule has 4 atom stereocenters. The van der Waals surface area contributed by atoms with Crippen LogP contribution in [0.25, 0.3) is 0 Å². The molecule has 0 aromatic heterocycles. The van der Waals surface area contributed by atoms with Crippen molar-refractivity contribution in [1.29, 1.82) is 0 Å². The average Bonchev–Trinajstić information content (AvgIpc) is 2.80. The fraction of sp³-hybridized carbons (Fsp3) is 0.667. The van der Waals surface area contributed by atoms with Gasteiger partial charge in [0, 0.05) is 9.72 Å². The molecule has 3 nitrogen and oxygen atoms in total. The normalized spacial score (nSPS) is 26.1. The monoisotopic (exact) mass is 402 g/mol. The number of halogens is 1. The van der Waals surface area contributed by atoms with Crippen molar-refractivity contribution in [3.8, 4) is 0 Å². The highest BCUT2D eigenvalue weighted by atomic mass is 79.9. The van der Waals surface area contributed by atoms with Crippen molar-refractivity contribution >= 4 is 26.7 Å². The summed E-state index contributed by atoms with van der Waals surface area (Å²) in [6.07, 6.45) is 3.11. The number of hydrogen-bond acceptors (Lipinski definition) is 3. The predicted molar refractivity (Wildman–Crippen MR) is 98.5 cm³/mol. The lowest BCUT2D eigenvalue weighted by Gasteiger charge is -2.22. The summed E-state index contributed by atoms with van der Waals surface area (Å²) < 4.78 is 24.8. The molecule has 0 radical (unpaired) electrons. The Labute approximate surface area is 150 Å². The van der Waals surface area contributed by atoms with Crippen LogP contribution in [0.2, 0.25) is 0 Å². The van der Waals surface area contributed by atoms with E-state index in [0.717, 1.165) is 24.2 Å². The number of alkyl halides is 1. The Morgan fingerprint density at radius 2 is 1.91 bits per heavy atom. The van der Waals surface area contributed by atoms with E-state index in [1.54, 1.807) is 0 Å². The van der Waals surface area contributed by atoms with E-state index >= 15 is 0 Å².